The molecule has 0 amide bonds. The number of aliphatic carboxylic acids is 1. The molecule has 38 heavy (non-hydrogen) atoms. The summed E-state index contributed by atoms with van der Waals surface area (Å²) in [5, 5.41) is 15.0. The van der Waals surface area contributed by atoms with Gasteiger partial charge in [-0.3, -0.25) is 14.7 Å². The Hall–Kier alpha value is -2.86. The molecule has 0 aliphatic carbocycles. The van der Waals surface area contributed by atoms with Gasteiger partial charge in [-0.1, -0.05) is 23.7 Å². The molecule has 3 aliphatic heterocycles. The van der Waals surface area contributed by atoms with Crippen LogP contribution in [-0.2, 0) is 19.1 Å². The molecule has 1 aromatic heterocycles. The van der Waals surface area contributed by atoms with Crippen LogP contribution in [0.15, 0.2) is 46.0 Å². The summed E-state index contributed by atoms with van der Waals surface area (Å²) in [6.07, 6.45) is 3.14. The molecule has 12 heteroatoms. The molecule has 202 valence electrons. The number of hydrogen-bond donors (Lipinski definition) is 2. The summed E-state index contributed by atoms with van der Waals surface area (Å²) in [5.41, 5.74) is 1.18. The standard InChI is InChI=1S/C26H28ClFN4O5S/c1-2-37-26(35)21-19(11-32-15-8-14(10-20(33)34)9-16(32)13-36-12-15)30-24(25-29-6-7-38-25)31-23(21)17-4-3-5-18(28)22(17)27/h3-7,14-16,23H,2,8-13H2,1H3,(H,30,31)(H,33,34)/t14-,15+,16-,23-/m0/s1. The van der Waals surface area contributed by atoms with Crippen molar-refractivity contribution in [2.24, 2.45) is 10.9 Å². The van der Waals surface area contributed by atoms with Gasteiger partial charge in [0.05, 0.1) is 30.4 Å². The van der Waals surface area contributed by atoms with Crippen molar-refractivity contribution in [1.82, 2.24) is 15.2 Å². The Kier molecular flexibility index (Phi) is 8.08. The summed E-state index contributed by atoms with van der Waals surface area (Å²) < 4.78 is 25.8. The maximum Gasteiger partial charge on any atom is 0.338 e. The van der Waals surface area contributed by atoms with Gasteiger partial charge in [-0.2, -0.15) is 0 Å². The predicted molar refractivity (Wildman–Crippen MR) is 140 cm³/mol. The largest absolute Gasteiger partial charge is 0.481 e. The number of carbonyl (C=O) groups excluding carboxylic acids is 1. The van der Waals surface area contributed by atoms with Crippen molar-refractivity contribution >= 4 is 40.7 Å². The van der Waals surface area contributed by atoms with Crippen LogP contribution in [-0.4, -0.2) is 71.2 Å². The minimum Gasteiger partial charge on any atom is -0.481 e. The number of esters is 1. The molecular weight excluding hydrogens is 535 g/mol. The molecule has 9 nitrogen and oxygen atoms in total. The molecule has 5 rings (SSSR count). The van der Waals surface area contributed by atoms with Crippen molar-refractivity contribution in [3.63, 3.8) is 0 Å². The number of aliphatic imine (C=N–C) groups is 1. The molecule has 1 aromatic carbocycles. The fraction of sp³-hybridized carbons (Fsp3) is 0.462. The van der Waals surface area contributed by atoms with E-state index in [1.54, 1.807) is 19.2 Å². The van der Waals surface area contributed by atoms with Crippen molar-refractivity contribution in [3.8, 4) is 0 Å². The number of carbonyl (C=O) groups is 2. The van der Waals surface area contributed by atoms with Gasteiger partial charge in [0, 0.05) is 47.9 Å². The van der Waals surface area contributed by atoms with Crippen LogP contribution >= 0.6 is 22.9 Å². The normalized spacial score (nSPS) is 25.5. The Labute approximate surface area is 228 Å². The van der Waals surface area contributed by atoms with Crippen LogP contribution in [0, 0.1) is 11.7 Å². The molecule has 2 fully saturated rings. The van der Waals surface area contributed by atoms with Crippen LogP contribution < -0.4 is 5.32 Å². The van der Waals surface area contributed by atoms with Gasteiger partial charge in [0.1, 0.15) is 11.9 Å². The van der Waals surface area contributed by atoms with Crippen LogP contribution in [0.4, 0.5) is 4.39 Å². The maximum absolute atomic E-state index is 14.5. The number of morpholine rings is 1. The number of halogens is 2. The van der Waals surface area contributed by atoms with Crippen LogP contribution in [0.3, 0.4) is 0 Å². The quantitative estimate of drug-likeness (QED) is 0.467. The minimum atomic E-state index is -0.909. The predicted octanol–water partition coefficient (Wildman–Crippen LogP) is 3.80. The average molecular weight is 563 g/mol. The van der Waals surface area contributed by atoms with Crippen molar-refractivity contribution < 1.29 is 28.6 Å². The molecule has 0 spiro atoms. The van der Waals surface area contributed by atoms with E-state index in [2.05, 4.69) is 15.2 Å². The minimum absolute atomic E-state index is 0.0111. The molecule has 4 atom stereocenters. The lowest BCUT2D eigenvalue weighted by Gasteiger charge is -2.49. The highest BCUT2D eigenvalue weighted by Gasteiger charge is 2.42. The average Bonchev–Trinajstić information content (AvgIpc) is 3.41. The monoisotopic (exact) mass is 562 g/mol. The summed E-state index contributed by atoms with van der Waals surface area (Å²) in [5.74, 6) is -1.46. The van der Waals surface area contributed by atoms with E-state index in [9.17, 15) is 19.1 Å². The number of amidine groups is 1. The summed E-state index contributed by atoms with van der Waals surface area (Å²) in [6.45, 7) is 3.17. The number of thiazole rings is 1. The first kappa shape index (κ1) is 26.7. The van der Waals surface area contributed by atoms with E-state index in [4.69, 9.17) is 26.1 Å². The van der Waals surface area contributed by atoms with Gasteiger partial charge in [0.15, 0.2) is 10.8 Å². The third-order valence-electron chi connectivity index (χ3n) is 7.11. The second-order valence-electron chi connectivity index (χ2n) is 9.55. The first-order valence-corrected chi connectivity index (χ1v) is 13.8. The first-order chi connectivity index (χ1) is 18.4. The number of nitrogens with zero attached hydrogens (tertiary/aromatic N) is 3. The van der Waals surface area contributed by atoms with Gasteiger partial charge in [0.25, 0.3) is 0 Å². The van der Waals surface area contributed by atoms with Gasteiger partial charge < -0.3 is 19.9 Å². The maximum atomic E-state index is 14.5. The SMILES string of the molecule is CCOC(=O)C1=C(CN2[C@@H]3COC[C@H]2C[C@H](CC(=O)O)C3)NC(c2nccs2)=N[C@H]1c1cccc(F)c1Cl. The van der Waals surface area contributed by atoms with Crippen molar-refractivity contribution in [1.29, 1.82) is 0 Å². The molecule has 2 N–H and O–H groups in total. The van der Waals surface area contributed by atoms with Crippen molar-refractivity contribution in [2.75, 3.05) is 26.4 Å². The Morgan fingerprint density at radius 3 is 2.74 bits per heavy atom. The summed E-state index contributed by atoms with van der Waals surface area (Å²) in [4.78, 5) is 36.2. The van der Waals surface area contributed by atoms with Crippen molar-refractivity contribution in [3.05, 3.63) is 62.5 Å². The summed E-state index contributed by atoms with van der Waals surface area (Å²) >= 11 is 7.78. The molecule has 4 heterocycles. The van der Waals surface area contributed by atoms with Gasteiger partial charge in [-0.15, -0.1) is 11.3 Å². The number of benzene rings is 1. The highest BCUT2D eigenvalue weighted by molar-refractivity contribution is 7.11. The molecule has 0 radical (unpaired) electrons. The lowest BCUT2D eigenvalue weighted by atomic mass is 9.82. The zero-order chi connectivity index (χ0) is 26.8. The number of rotatable bonds is 8. The first-order valence-electron chi connectivity index (χ1n) is 12.5. The van der Waals surface area contributed by atoms with E-state index in [0.717, 1.165) is 0 Å². The van der Waals surface area contributed by atoms with Crippen LogP contribution in [0.5, 0.6) is 0 Å². The topological polar surface area (TPSA) is 113 Å². The van der Waals surface area contributed by atoms with Crippen LogP contribution in [0.25, 0.3) is 0 Å². The number of carboxylic acid groups (broad SMARTS) is 1. The second-order valence-corrected chi connectivity index (χ2v) is 10.8. The summed E-state index contributed by atoms with van der Waals surface area (Å²) in [7, 11) is 0. The number of carboxylic acids is 1. The molecule has 3 aliphatic rings. The lowest BCUT2D eigenvalue weighted by molar-refractivity contribution is -0.141. The van der Waals surface area contributed by atoms with E-state index in [0.29, 0.717) is 54.7 Å². The zero-order valence-corrected chi connectivity index (χ0v) is 22.3. The third-order valence-corrected chi connectivity index (χ3v) is 8.28. The third kappa shape index (κ3) is 5.47. The number of piperidine rings is 1. The fourth-order valence-corrected chi connectivity index (χ4v) is 6.35. The molecule has 2 bridgehead atoms. The number of hydrogen-bond acceptors (Lipinski definition) is 9. The molecule has 0 saturated carbocycles. The van der Waals surface area contributed by atoms with Crippen LogP contribution in [0.2, 0.25) is 5.02 Å². The molecule has 2 aromatic rings. The van der Waals surface area contributed by atoms with Gasteiger partial charge in [0.2, 0.25) is 0 Å². The smallest absolute Gasteiger partial charge is 0.338 e. The molecule has 2 saturated heterocycles. The summed E-state index contributed by atoms with van der Waals surface area (Å²) in [6, 6.07) is 3.52. The van der Waals surface area contributed by atoms with Gasteiger partial charge in [-0.25, -0.2) is 14.2 Å². The zero-order valence-electron chi connectivity index (χ0n) is 20.7. The Balaban J connectivity index is 1.56. The number of aromatic nitrogens is 1. The highest BCUT2D eigenvalue weighted by Crippen LogP contribution is 2.39. The number of ether oxygens (including phenoxy) is 2. The van der Waals surface area contributed by atoms with E-state index in [-0.39, 0.29) is 41.6 Å². The Morgan fingerprint density at radius 2 is 2.08 bits per heavy atom. The Morgan fingerprint density at radius 1 is 1.32 bits per heavy atom. The van der Waals surface area contributed by atoms with Gasteiger partial charge >= 0.3 is 11.9 Å². The van der Waals surface area contributed by atoms with Gasteiger partial charge in [-0.05, 0) is 31.7 Å². The van der Waals surface area contributed by atoms with Crippen molar-refractivity contribution in [2.45, 2.75) is 44.3 Å². The van der Waals surface area contributed by atoms with E-state index >= 15 is 0 Å². The second kappa shape index (κ2) is 11.5. The van der Waals surface area contributed by atoms with Crippen LogP contribution in [0.1, 0.15) is 42.8 Å². The number of fused-ring (bicyclic) bond motifs is 2. The highest BCUT2D eigenvalue weighted by atomic mass is 35.5. The lowest BCUT2D eigenvalue weighted by Crippen LogP contribution is -2.58. The van der Waals surface area contributed by atoms with E-state index < -0.39 is 23.8 Å². The molecule has 0 unspecified atom stereocenters. The van der Waals surface area contributed by atoms with E-state index in [1.165, 1.54) is 23.5 Å². The Bertz CT molecular complexity index is 1260. The van der Waals surface area contributed by atoms with E-state index in [1.807, 2.05) is 5.38 Å². The molecular formula is C26H28ClFN4O5S. The number of nitrogens with one attached hydrogen (secondary N) is 1. The fourth-order valence-electron chi connectivity index (χ4n) is 5.53.